The standard InChI is InChI=1S/C27H32N8O2S/c1-5-35(16-15-34(3)4)23(30-18(2)19-11-7-6-8-12-19)17-21(28)25(37)31-22-14-10-9-13-20(22)26-32-33-27(38-26)24(29)36/h6-14,17H,2,5,15-16,28H2,1,3-4H3,(H2,29,36)(H,31,37)/b21-17-,30-23+. The van der Waals surface area contributed by atoms with Crippen LogP contribution in [0, 0.1) is 0 Å². The molecular weight excluding hydrogens is 500 g/mol. The molecule has 0 bridgehead atoms. The number of para-hydroxylation sites is 1. The van der Waals surface area contributed by atoms with Crippen LogP contribution < -0.4 is 16.8 Å². The van der Waals surface area contributed by atoms with Gasteiger partial charge in [-0.25, -0.2) is 4.99 Å². The molecule has 0 aliphatic carbocycles. The van der Waals surface area contributed by atoms with Crippen LogP contribution in [0.4, 0.5) is 5.69 Å². The van der Waals surface area contributed by atoms with Crippen molar-refractivity contribution in [2.75, 3.05) is 39.0 Å². The molecule has 1 heterocycles. The molecule has 2 amide bonds. The molecule has 0 unspecified atom stereocenters. The first-order valence-corrected chi connectivity index (χ1v) is 12.7. The number of nitrogens with zero attached hydrogens (tertiary/aromatic N) is 5. The summed E-state index contributed by atoms with van der Waals surface area (Å²) < 4.78 is 0. The third kappa shape index (κ3) is 7.58. The number of benzene rings is 2. The number of anilines is 1. The second-order valence-corrected chi connectivity index (χ2v) is 9.52. The Labute approximate surface area is 226 Å². The highest BCUT2D eigenvalue weighted by molar-refractivity contribution is 7.16. The van der Waals surface area contributed by atoms with Crippen LogP contribution in [0.15, 0.2) is 77.9 Å². The maximum atomic E-state index is 13.2. The minimum atomic E-state index is -0.666. The van der Waals surface area contributed by atoms with Gasteiger partial charge in [0.1, 0.15) is 16.5 Å². The van der Waals surface area contributed by atoms with Gasteiger partial charge in [-0.15, -0.1) is 10.2 Å². The number of hydrogen-bond acceptors (Lipinski definition) is 8. The zero-order valence-corrected chi connectivity index (χ0v) is 22.5. The van der Waals surface area contributed by atoms with Gasteiger partial charge in [0.05, 0.1) is 11.4 Å². The first kappa shape index (κ1) is 28.2. The molecule has 0 aliphatic heterocycles. The molecule has 11 heteroatoms. The number of carbonyl (C=O) groups is 2. The predicted molar refractivity (Wildman–Crippen MR) is 153 cm³/mol. The molecule has 0 saturated heterocycles. The van der Waals surface area contributed by atoms with E-state index in [0.29, 0.717) is 40.9 Å². The number of aromatic nitrogens is 2. The number of likely N-dealkylation sites (N-methyl/N-ethyl adjacent to an activating group) is 2. The van der Waals surface area contributed by atoms with Crippen LogP contribution in [-0.4, -0.2) is 71.4 Å². The number of aliphatic imine (C=N–C) groups is 1. The number of rotatable bonds is 11. The van der Waals surface area contributed by atoms with Crippen molar-refractivity contribution in [3.63, 3.8) is 0 Å². The van der Waals surface area contributed by atoms with Crippen molar-refractivity contribution >= 4 is 40.4 Å². The minimum Gasteiger partial charge on any atom is -0.394 e. The van der Waals surface area contributed by atoms with Crippen molar-refractivity contribution in [1.82, 2.24) is 20.0 Å². The highest BCUT2D eigenvalue weighted by atomic mass is 32.1. The average molecular weight is 533 g/mol. The summed E-state index contributed by atoms with van der Waals surface area (Å²) in [7, 11) is 3.99. The van der Waals surface area contributed by atoms with Gasteiger partial charge in [-0.3, -0.25) is 9.59 Å². The molecule has 5 N–H and O–H groups in total. The molecule has 38 heavy (non-hydrogen) atoms. The molecule has 3 rings (SSSR count). The van der Waals surface area contributed by atoms with Gasteiger partial charge in [0, 0.05) is 31.3 Å². The van der Waals surface area contributed by atoms with Crippen LogP contribution in [0.25, 0.3) is 16.3 Å². The molecule has 0 saturated carbocycles. The van der Waals surface area contributed by atoms with E-state index in [1.807, 2.05) is 56.3 Å². The topological polar surface area (TPSA) is 143 Å². The summed E-state index contributed by atoms with van der Waals surface area (Å²) in [6.45, 7) is 8.25. The lowest BCUT2D eigenvalue weighted by Gasteiger charge is -2.25. The Morgan fingerprint density at radius 2 is 1.74 bits per heavy atom. The number of nitrogens with two attached hydrogens (primary N) is 2. The zero-order valence-electron chi connectivity index (χ0n) is 21.7. The van der Waals surface area contributed by atoms with Gasteiger partial charge in [0.25, 0.3) is 11.8 Å². The van der Waals surface area contributed by atoms with Crippen LogP contribution in [-0.2, 0) is 4.79 Å². The van der Waals surface area contributed by atoms with E-state index in [-0.39, 0.29) is 10.7 Å². The van der Waals surface area contributed by atoms with Crippen LogP contribution in [0.2, 0.25) is 0 Å². The molecule has 2 aromatic carbocycles. The van der Waals surface area contributed by atoms with E-state index in [2.05, 4.69) is 27.0 Å². The van der Waals surface area contributed by atoms with Crippen LogP contribution >= 0.6 is 11.3 Å². The van der Waals surface area contributed by atoms with E-state index < -0.39 is 11.8 Å². The third-order valence-electron chi connectivity index (χ3n) is 5.47. The fraction of sp³-hybridized carbons (Fsp3) is 0.222. The summed E-state index contributed by atoms with van der Waals surface area (Å²) in [6.07, 6.45) is 1.56. The maximum absolute atomic E-state index is 13.2. The van der Waals surface area contributed by atoms with Crippen molar-refractivity contribution in [2.45, 2.75) is 6.92 Å². The molecule has 198 valence electrons. The summed E-state index contributed by atoms with van der Waals surface area (Å²) >= 11 is 1.04. The number of amidine groups is 1. The van der Waals surface area contributed by atoms with Crippen LogP contribution in [0.5, 0.6) is 0 Å². The van der Waals surface area contributed by atoms with E-state index in [0.717, 1.165) is 23.4 Å². The zero-order chi connectivity index (χ0) is 27.7. The molecular formula is C27H32N8O2S. The van der Waals surface area contributed by atoms with Crippen molar-refractivity contribution in [2.24, 2.45) is 16.5 Å². The van der Waals surface area contributed by atoms with Gasteiger partial charge in [-0.05, 0) is 38.7 Å². The summed E-state index contributed by atoms with van der Waals surface area (Å²) in [6, 6.07) is 16.6. The number of hydrogen-bond donors (Lipinski definition) is 3. The molecule has 3 aromatic rings. The van der Waals surface area contributed by atoms with Gasteiger partial charge in [-0.1, -0.05) is 60.4 Å². The molecule has 0 radical (unpaired) electrons. The molecule has 0 atom stereocenters. The van der Waals surface area contributed by atoms with E-state index in [4.69, 9.17) is 16.5 Å². The highest BCUT2D eigenvalue weighted by Gasteiger charge is 2.17. The van der Waals surface area contributed by atoms with Crippen LogP contribution in [0.1, 0.15) is 22.3 Å². The Bertz CT molecular complexity index is 1350. The van der Waals surface area contributed by atoms with Crippen molar-refractivity contribution in [3.05, 3.63) is 83.5 Å². The molecule has 0 fully saturated rings. The van der Waals surface area contributed by atoms with Crippen molar-refractivity contribution in [1.29, 1.82) is 0 Å². The lowest BCUT2D eigenvalue weighted by atomic mass is 10.2. The number of nitrogens with one attached hydrogen (secondary N) is 1. The van der Waals surface area contributed by atoms with Gasteiger partial charge >= 0.3 is 0 Å². The van der Waals surface area contributed by atoms with Gasteiger partial charge in [-0.2, -0.15) is 0 Å². The molecule has 0 aliphatic rings. The average Bonchev–Trinajstić information content (AvgIpc) is 3.40. The number of amides is 2. The van der Waals surface area contributed by atoms with Gasteiger partial charge in [0.15, 0.2) is 0 Å². The molecule has 10 nitrogen and oxygen atoms in total. The van der Waals surface area contributed by atoms with E-state index in [1.165, 1.54) is 0 Å². The fourth-order valence-corrected chi connectivity index (χ4v) is 4.13. The Morgan fingerprint density at radius 3 is 2.37 bits per heavy atom. The monoisotopic (exact) mass is 532 g/mol. The lowest BCUT2D eigenvalue weighted by Crippen LogP contribution is -2.36. The fourth-order valence-electron chi connectivity index (χ4n) is 3.39. The van der Waals surface area contributed by atoms with Crippen LogP contribution in [0.3, 0.4) is 0 Å². The number of primary amides is 1. The summed E-state index contributed by atoms with van der Waals surface area (Å²) in [5, 5.41) is 11.2. The second kappa shape index (κ2) is 13.3. The smallest absolute Gasteiger partial charge is 0.279 e. The Kier molecular flexibility index (Phi) is 9.85. The summed E-state index contributed by atoms with van der Waals surface area (Å²) in [4.78, 5) is 33.5. The second-order valence-electron chi connectivity index (χ2n) is 8.54. The lowest BCUT2D eigenvalue weighted by molar-refractivity contribution is -0.112. The normalized spacial score (nSPS) is 11.9. The van der Waals surface area contributed by atoms with E-state index in [1.54, 1.807) is 30.3 Å². The Hall–Kier alpha value is -4.35. The summed E-state index contributed by atoms with van der Waals surface area (Å²) in [5.74, 6) is -0.653. The number of carbonyl (C=O) groups excluding carboxylic acids is 2. The molecule has 1 aromatic heterocycles. The maximum Gasteiger partial charge on any atom is 0.279 e. The first-order valence-electron chi connectivity index (χ1n) is 11.9. The Balaban J connectivity index is 1.91. The van der Waals surface area contributed by atoms with Gasteiger partial charge in [0.2, 0.25) is 5.01 Å². The highest BCUT2D eigenvalue weighted by Crippen LogP contribution is 2.30. The first-order chi connectivity index (χ1) is 18.2. The SMILES string of the molecule is C=C(/N=C(\C=C(/N)C(=O)Nc1ccccc1-c1nnc(C(N)=O)s1)N(CC)CCN(C)C)c1ccccc1. The molecule has 0 spiro atoms. The van der Waals surface area contributed by atoms with Crippen molar-refractivity contribution in [3.8, 4) is 10.6 Å². The Morgan fingerprint density at radius 1 is 1.05 bits per heavy atom. The van der Waals surface area contributed by atoms with Gasteiger partial charge < -0.3 is 26.6 Å². The third-order valence-corrected chi connectivity index (χ3v) is 6.44. The van der Waals surface area contributed by atoms with Crippen molar-refractivity contribution < 1.29 is 9.59 Å². The predicted octanol–water partition coefficient (Wildman–Crippen LogP) is 3.04. The quantitative estimate of drug-likeness (QED) is 0.196. The van der Waals surface area contributed by atoms with E-state index >= 15 is 0 Å². The largest absolute Gasteiger partial charge is 0.394 e. The minimum absolute atomic E-state index is 0.0298. The summed E-state index contributed by atoms with van der Waals surface area (Å²) in [5.41, 5.74) is 14.0. The van der Waals surface area contributed by atoms with E-state index in [9.17, 15) is 9.59 Å².